The predicted octanol–water partition coefficient (Wildman–Crippen LogP) is 3.51. The maximum Gasteiger partial charge on any atom is 0.246 e. The zero-order valence-corrected chi connectivity index (χ0v) is 11.1. The van der Waals surface area contributed by atoms with Crippen molar-refractivity contribution >= 4 is 33.2 Å². The number of rotatable bonds is 3. The molecule has 5 heteroatoms. The molecule has 0 radical (unpaired) electrons. The van der Waals surface area contributed by atoms with Gasteiger partial charge in [0, 0.05) is 6.07 Å². The minimum Gasteiger partial charge on any atom is -0.372 e. The Hall–Kier alpha value is -1.10. The molecule has 17 heavy (non-hydrogen) atoms. The van der Waals surface area contributed by atoms with Gasteiger partial charge < -0.3 is 10.6 Å². The molecule has 1 aromatic carbocycles. The van der Waals surface area contributed by atoms with Crippen LogP contribution in [0.2, 0.25) is 0 Å². The average Bonchev–Trinajstić information content (AvgIpc) is 2.29. The van der Waals surface area contributed by atoms with Crippen molar-refractivity contribution < 1.29 is 9.18 Å². The summed E-state index contributed by atoms with van der Waals surface area (Å²) >= 11 is 3.13. The van der Waals surface area contributed by atoms with Crippen molar-refractivity contribution in [2.75, 3.05) is 10.6 Å². The molecule has 92 valence electrons. The first-order chi connectivity index (χ1) is 8.11. The van der Waals surface area contributed by atoms with E-state index in [0.29, 0.717) is 10.2 Å². The molecule has 1 aromatic rings. The van der Waals surface area contributed by atoms with Crippen molar-refractivity contribution in [2.24, 2.45) is 0 Å². The van der Waals surface area contributed by atoms with Crippen LogP contribution in [0.3, 0.4) is 0 Å². The number of hydrogen-bond acceptors (Lipinski definition) is 2. The summed E-state index contributed by atoms with van der Waals surface area (Å²) in [4.78, 5) is 11.8. The zero-order chi connectivity index (χ0) is 12.4. The van der Waals surface area contributed by atoms with Crippen LogP contribution in [0.5, 0.6) is 0 Å². The largest absolute Gasteiger partial charge is 0.372 e. The Morgan fingerprint density at radius 2 is 2.18 bits per heavy atom. The number of hydrogen-bond donors (Lipinski definition) is 2. The van der Waals surface area contributed by atoms with E-state index in [4.69, 9.17) is 0 Å². The summed E-state index contributed by atoms with van der Waals surface area (Å²) in [6.45, 7) is 2.08. The molecule has 1 aliphatic rings. The molecule has 3 nitrogen and oxygen atoms in total. The molecule has 0 spiro atoms. The van der Waals surface area contributed by atoms with E-state index in [1.54, 1.807) is 6.07 Å². The number of anilines is 2. The lowest BCUT2D eigenvalue weighted by Gasteiger charge is -2.27. The van der Waals surface area contributed by atoms with Gasteiger partial charge in [0.1, 0.15) is 11.9 Å². The van der Waals surface area contributed by atoms with Gasteiger partial charge in [-0.3, -0.25) is 4.79 Å². The van der Waals surface area contributed by atoms with E-state index in [-0.39, 0.29) is 17.8 Å². The number of unbranched alkanes of at least 4 members (excludes halogenated alkanes) is 1. The number of carbonyl (C=O) groups is 1. The Bertz CT molecular complexity index is 450. The highest BCUT2D eigenvalue weighted by Crippen LogP contribution is 2.32. The highest BCUT2D eigenvalue weighted by molar-refractivity contribution is 9.10. The van der Waals surface area contributed by atoms with Crippen molar-refractivity contribution in [1.29, 1.82) is 0 Å². The molecule has 1 amide bonds. The number of fused-ring (bicyclic) bond motifs is 1. The van der Waals surface area contributed by atoms with Crippen LogP contribution in [0.4, 0.5) is 15.8 Å². The second-order valence-electron chi connectivity index (χ2n) is 4.14. The number of benzene rings is 1. The minimum absolute atomic E-state index is 0.0901. The fraction of sp³-hybridized carbons (Fsp3) is 0.417. The van der Waals surface area contributed by atoms with Crippen LogP contribution < -0.4 is 10.6 Å². The van der Waals surface area contributed by atoms with E-state index in [0.717, 1.165) is 24.9 Å². The monoisotopic (exact) mass is 300 g/mol. The first-order valence-electron chi connectivity index (χ1n) is 5.68. The molecular weight excluding hydrogens is 287 g/mol. The third kappa shape index (κ3) is 2.60. The van der Waals surface area contributed by atoms with Crippen molar-refractivity contribution in [3.8, 4) is 0 Å². The van der Waals surface area contributed by atoms with Gasteiger partial charge in [-0.2, -0.15) is 0 Å². The number of nitrogens with one attached hydrogen (secondary N) is 2. The Kier molecular flexibility index (Phi) is 3.66. The molecule has 2 N–H and O–H groups in total. The first-order valence-corrected chi connectivity index (χ1v) is 6.47. The summed E-state index contributed by atoms with van der Waals surface area (Å²) in [6.07, 6.45) is 2.82. The molecule has 2 rings (SSSR count). The lowest BCUT2D eigenvalue weighted by molar-refractivity contribution is -0.117. The van der Waals surface area contributed by atoms with E-state index in [2.05, 4.69) is 33.5 Å². The van der Waals surface area contributed by atoms with Gasteiger partial charge in [0.05, 0.1) is 15.8 Å². The molecular formula is C12H14BrFN2O. The second-order valence-corrected chi connectivity index (χ2v) is 4.99. The molecule has 0 saturated carbocycles. The van der Waals surface area contributed by atoms with Crippen LogP contribution in [-0.2, 0) is 4.79 Å². The third-order valence-corrected chi connectivity index (χ3v) is 3.42. The highest BCUT2D eigenvalue weighted by atomic mass is 79.9. The lowest BCUT2D eigenvalue weighted by Crippen LogP contribution is -2.38. The normalized spacial score (nSPS) is 18.3. The summed E-state index contributed by atoms with van der Waals surface area (Å²) in [5, 5.41) is 5.87. The molecule has 0 fully saturated rings. The Morgan fingerprint density at radius 3 is 2.88 bits per heavy atom. The number of halogens is 2. The second kappa shape index (κ2) is 5.04. The van der Waals surface area contributed by atoms with Crippen LogP contribution in [-0.4, -0.2) is 11.9 Å². The van der Waals surface area contributed by atoms with E-state index in [9.17, 15) is 9.18 Å². The van der Waals surface area contributed by atoms with Crippen LogP contribution in [0, 0.1) is 5.82 Å². The summed E-state index contributed by atoms with van der Waals surface area (Å²) < 4.78 is 13.7. The molecule has 1 aliphatic heterocycles. The molecule has 1 atom stereocenters. The average molecular weight is 301 g/mol. The van der Waals surface area contributed by atoms with Crippen LogP contribution in [0.15, 0.2) is 16.6 Å². The molecule has 0 saturated heterocycles. The molecule has 1 heterocycles. The van der Waals surface area contributed by atoms with E-state index >= 15 is 0 Å². The van der Waals surface area contributed by atoms with E-state index in [1.165, 1.54) is 6.07 Å². The van der Waals surface area contributed by atoms with E-state index in [1.807, 2.05) is 0 Å². The van der Waals surface area contributed by atoms with Crippen molar-refractivity contribution in [3.63, 3.8) is 0 Å². The summed E-state index contributed by atoms with van der Waals surface area (Å²) in [6, 6.07) is 2.75. The Labute approximate surface area is 108 Å². The number of carbonyl (C=O) groups excluding carboxylic acids is 1. The smallest absolute Gasteiger partial charge is 0.246 e. The zero-order valence-electron chi connectivity index (χ0n) is 9.52. The Morgan fingerprint density at radius 1 is 1.41 bits per heavy atom. The van der Waals surface area contributed by atoms with E-state index < -0.39 is 0 Å². The molecule has 0 aromatic heterocycles. The van der Waals surface area contributed by atoms with Gasteiger partial charge in [-0.05, 0) is 28.4 Å². The maximum atomic E-state index is 13.3. The fourth-order valence-electron chi connectivity index (χ4n) is 1.85. The lowest BCUT2D eigenvalue weighted by atomic mass is 10.1. The fourth-order valence-corrected chi connectivity index (χ4v) is 2.20. The standard InChI is InChI=1S/C12H14BrFN2O/c1-2-3-4-9-12(17)16-11-6-8(14)7(13)5-10(11)15-9/h5-6,9,15H,2-4H2,1H3,(H,16,17). The van der Waals surface area contributed by atoms with Gasteiger partial charge in [0.2, 0.25) is 5.91 Å². The van der Waals surface area contributed by atoms with Gasteiger partial charge in [0.25, 0.3) is 0 Å². The van der Waals surface area contributed by atoms with Crippen LogP contribution in [0.1, 0.15) is 26.2 Å². The summed E-state index contributed by atoms with van der Waals surface area (Å²) in [5.74, 6) is -0.467. The van der Waals surface area contributed by atoms with Crippen molar-refractivity contribution in [3.05, 3.63) is 22.4 Å². The Balaban J connectivity index is 2.22. The van der Waals surface area contributed by atoms with Gasteiger partial charge in [-0.15, -0.1) is 0 Å². The van der Waals surface area contributed by atoms with Gasteiger partial charge in [0.15, 0.2) is 0 Å². The van der Waals surface area contributed by atoms with Crippen molar-refractivity contribution in [2.45, 2.75) is 32.2 Å². The number of amides is 1. The topological polar surface area (TPSA) is 41.1 Å². The molecule has 0 bridgehead atoms. The molecule has 0 aliphatic carbocycles. The van der Waals surface area contributed by atoms with Crippen LogP contribution in [0.25, 0.3) is 0 Å². The molecule has 1 unspecified atom stereocenters. The highest BCUT2D eigenvalue weighted by Gasteiger charge is 2.25. The summed E-state index contributed by atoms with van der Waals surface area (Å²) in [7, 11) is 0. The van der Waals surface area contributed by atoms with Gasteiger partial charge in [-0.25, -0.2) is 4.39 Å². The van der Waals surface area contributed by atoms with Gasteiger partial charge in [-0.1, -0.05) is 19.8 Å². The first kappa shape index (κ1) is 12.4. The van der Waals surface area contributed by atoms with Gasteiger partial charge >= 0.3 is 0 Å². The maximum absolute atomic E-state index is 13.3. The quantitative estimate of drug-likeness (QED) is 0.897. The van der Waals surface area contributed by atoms with Crippen LogP contribution >= 0.6 is 15.9 Å². The minimum atomic E-state index is -0.377. The van der Waals surface area contributed by atoms with Crippen molar-refractivity contribution in [1.82, 2.24) is 0 Å². The SMILES string of the molecule is CCCCC1Nc2cc(Br)c(F)cc2NC1=O. The summed E-state index contributed by atoms with van der Waals surface area (Å²) in [5.41, 5.74) is 1.27. The third-order valence-electron chi connectivity index (χ3n) is 2.81. The predicted molar refractivity (Wildman–Crippen MR) is 69.7 cm³/mol.